The Morgan fingerprint density at radius 2 is 2.22 bits per heavy atom. The molecule has 3 heterocycles. The molecule has 2 aromatic heterocycles. The maximum atomic E-state index is 6.46. The zero-order valence-electron chi connectivity index (χ0n) is 12.9. The highest BCUT2D eigenvalue weighted by molar-refractivity contribution is 7.99. The lowest BCUT2D eigenvalue weighted by molar-refractivity contribution is 0.714. The maximum absolute atomic E-state index is 6.46. The van der Waals surface area contributed by atoms with Crippen molar-refractivity contribution in [2.45, 2.75) is 37.2 Å². The van der Waals surface area contributed by atoms with E-state index in [0.29, 0.717) is 5.15 Å². The molecule has 0 saturated heterocycles. The molecule has 1 aliphatic heterocycles. The second-order valence-corrected chi connectivity index (χ2v) is 7.06. The molecule has 0 spiro atoms. The first-order valence-electron chi connectivity index (χ1n) is 7.60. The Bertz CT molecular complexity index is 892. The molecule has 0 fully saturated rings. The Morgan fingerprint density at radius 1 is 1.35 bits per heavy atom. The van der Waals surface area contributed by atoms with Gasteiger partial charge in [0, 0.05) is 17.4 Å². The number of nitrogens with zero attached hydrogens (tertiary/aromatic N) is 4. The molecule has 0 aliphatic carbocycles. The summed E-state index contributed by atoms with van der Waals surface area (Å²) in [4.78, 5) is 4.59. The SMILES string of the molecule is CCCc1nnc2n1NC(c1cc3cccc(C)c3nc1Cl)S2. The molecule has 7 heteroatoms. The minimum atomic E-state index is 0.000943. The molecular weight excluding hydrogens is 330 g/mol. The molecule has 1 aliphatic rings. The lowest BCUT2D eigenvalue weighted by atomic mass is 10.1. The highest BCUT2D eigenvalue weighted by Crippen LogP contribution is 2.41. The molecule has 0 bridgehead atoms. The number of thioether (sulfide) groups is 1. The van der Waals surface area contributed by atoms with E-state index in [1.54, 1.807) is 11.8 Å². The zero-order valence-corrected chi connectivity index (χ0v) is 14.4. The van der Waals surface area contributed by atoms with Gasteiger partial charge in [-0.3, -0.25) is 0 Å². The average Bonchev–Trinajstić information content (AvgIpc) is 3.10. The van der Waals surface area contributed by atoms with E-state index in [9.17, 15) is 0 Å². The van der Waals surface area contributed by atoms with E-state index in [1.807, 2.05) is 23.7 Å². The molecule has 23 heavy (non-hydrogen) atoms. The smallest absolute Gasteiger partial charge is 0.212 e. The Kier molecular flexibility index (Phi) is 3.66. The van der Waals surface area contributed by atoms with Crippen LogP contribution in [0.2, 0.25) is 5.15 Å². The summed E-state index contributed by atoms with van der Waals surface area (Å²) in [5, 5.41) is 11.0. The molecule has 0 amide bonds. The summed E-state index contributed by atoms with van der Waals surface area (Å²) in [5.74, 6) is 0.957. The summed E-state index contributed by atoms with van der Waals surface area (Å²) in [5.41, 5.74) is 6.49. The standard InChI is InChI=1S/C16H16ClN5S/c1-3-5-12-19-20-16-22(12)21-15(23-16)11-8-10-7-4-6-9(2)13(10)18-14(11)17/h4,6-8,15,21H,3,5H2,1-2H3. The van der Waals surface area contributed by atoms with Crippen molar-refractivity contribution in [1.29, 1.82) is 0 Å². The van der Waals surface area contributed by atoms with Gasteiger partial charge in [-0.05, 0) is 25.0 Å². The van der Waals surface area contributed by atoms with Gasteiger partial charge in [0.1, 0.15) is 10.5 Å². The number of rotatable bonds is 3. The molecule has 1 N–H and O–H groups in total. The fourth-order valence-electron chi connectivity index (χ4n) is 2.80. The van der Waals surface area contributed by atoms with Crippen molar-refractivity contribution in [3.63, 3.8) is 0 Å². The van der Waals surface area contributed by atoms with Gasteiger partial charge >= 0.3 is 0 Å². The van der Waals surface area contributed by atoms with Crippen molar-refractivity contribution in [2.24, 2.45) is 0 Å². The number of nitrogens with one attached hydrogen (secondary N) is 1. The first-order valence-corrected chi connectivity index (χ1v) is 8.86. The molecule has 1 unspecified atom stereocenters. The summed E-state index contributed by atoms with van der Waals surface area (Å²) < 4.78 is 1.97. The van der Waals surface area contributed by atoms with E-state index >= 15 is 0 Å². The molecule has 0 radical (unpaired) electrons. The average molecular weight is 346 g/mol. The molecule has 4 rings (SSSR count). The number of fused-ring (bicyclic) bond motifs is 2. The second-order valence-electron chi connectivity index (χ2n) is 5.63. The van der Waals surface area contributed by atoms with Gasteiger partial charge in [-0.2, -0.15) is 0 Å². The molecular formula is C16H16ClN5S. The van der Waals surface area contributed by atoms with E-state index in [1.165, 1.54) is 0 Å². The summed E-state index contributed by atoms with van der Waals surface area (Å²) in [6.07, 6.45) is 1.93. The topological polar surface area (TPSA) is 55.6 Å². The lowest BCUT2D eigenvalue weighted by Gasteiger charge is -2.14. The van der Waals surface area contributed by atoms with Crippen molar-refractivity contribution in [1.82, 2.24) is 19.9 Å². The highest BCUT2D eigenvalue weighted by atomic mass is 35.5. The van der Waals surface area contributed by atoms with Crippen LogP contribution in [0.25, 0.3) is 10.9 Å². The van der Waals surface area contributed by atoms with Crippen molar-refractivity contribution < 1.29 is 0 Å². The highest BCUT2D eigenvalue weighted by Gasteiger charge is 2.29. The fourth-order valence-corrected chi connectivity index (χ4v) is 4.14. The Morgan fingerprint density at radius 3 is 3.04 bits per heavy atom. The Balaban J connectivity index is 1.72. The van der Waals surface area contributed by atoms with Crippen molar-refractivity contribution in [2.75, 3.05) is 5.43 Å². The molecule has 0 saturated carbocycles. The van der Waals surface area contributed by atoms with E-state index in [0.717, 1.165) is 45.9 Å². The van der Waals surface area contributed by atoms with Gasteiger partial charge in [0.2, 0.25) is 5.16 Å². The van der Waals surface area contributed by atoms with Crippen LogP contribution in [-0.2, 0) is 6.42 Å². The quantitative estimate of drug-likeness (QED) is 0.724. The normalized spacial score (nSPS) is 16.6. The van der Waals surface area contributed by atoms with Crippen LogP contribution in [0.1, 0.15) is 35.7 Å². The third kappa shape index (κ3) is 2.46. The van der Waals surface area contributed by atoms with Crippen LogP contribution in [-0.4, -0.2) is 19.9 Å². The second kappa shape index (κ2) is 5.69. The molecule has 1 atom stereocenters. The first kappa shape index (κ1) is 14.8. The number of hydrogen-bond acceptors (Lipinski definition) is 5. The van der Waals surface area contributed by atoms with Gasteiger partial charge in [0.25, 0.3) is 0 Å². The predicted octanol–water partition coefficient (Wildman–Crippen LogP) is 4.09. The zero-order chi connectivity index (χ0) is 16.0. The van der Waals surface area contributed by atoms with Crippen molar-refractivity contribution in [3.05, 3.63) is 46.4 Å². The monoisotopic (exact) mass is 345 g/mol. The molecule has 5 nitrogen and oxygen atoms in total. The van der Waals surface area contributed by atoms with Crippen LogP contribution in [0.3, 0.4) is 0 Å². The summed E-state index contributed by atoms with van der Waals surface area (Å²) in [6.45, 7) is 4.18. The largest absolute Gasteiger partial charge is 0.304 e. The van der Waals surface area contributed by atoms with E-state index < -0.39 is 0 Å². The number of hydrogen-bond donors (Lipinski definition) is 1. The van der Waals surface area contributed by atoms with Crippen molar-refractivity contribution in [3.8, 4) is 0 Å². The molecule has 3 aromatic rings. The van der Waals surface area contributed by atoms with Crippen LogP contribution >= 0.6 is 23.4 Å². The van der Waals surface area contributed by atoms with Gasteiger partial charge < -0.3 is 5.43 Å². The fraction of sp³-hybridized carbons (Fsp3) is 0.312. The third-order valence-electron chi connectivity index (χ3n) is 3.95. The number of benzene rings is 1. The maximum Gasteiger partial charge on any atom is 0.212 e. The molecule has 118 valence electrons. The predicted molar refractivity (Wildman–Crippen MR) is 93.5 cm³/mol. The van der Waals surface area contributed by atoms with Gasteiger partial charge in [-0.15, -0.1) is 10.2 Å². The van der Waals surface area contributed by atoms with Crippen LogP contribution < -0.4 is 5.43 Å². The number of pyridine rings is 1. The van der Waals surface area contributed by atoms with Crippen LogP contribution in [0.15, 0.2) is 29.4 Å². The number of para-hydroxylation sites is 1. The minimum absolute atomic E-state index is 0.000943. The third-order valence-corrected chi connectivity index (χ3v) is 5.33. The van der Waals surface area contributed by atoms with Gasteiger partial charge in [0.15, 0.2) is 5.82 Å². The number of halogens is 1. The van der Waals surface area contributed by atoms with E-state index in [2.05, 4.69) is 39.7 Å². The molecule has 1 aromatic carbocycles. The van der Waals surface area contributed by atoms with Gasteiger partial charge in [-0.25, -0.2) is 9.66 Å². The van der Waals surface area contributed by atoms with E-state index in [-0.39, 0.29) is 5.37 Å². The summed E-state index contributed by atoms with van der Waals surface area (Å²) in [7, 11) is 0. The summed E-state index contributed by atoms with van der Waals surface area (Å²) >= 11 is 8.07. The first-order chi connectivity index (χ1) is 11.2. The lowest BCUT2D eigenvalue weighted by Crippen LogP contribution is -2.16. The Labute approximate surface area is 143 Å². The van der Waals surface area contributed by atoms with Crippen molar-refractivity contribution >= 4 is 34.3 Å². The van der Waals surface area contributed by atoms with Crippen LogP contribution in [0.4, 0.5) is 0 Å². The summed E-state index contributed by atoms with van der Waals surface area (Å²) in [6, 6.07) is 8.27. The minimum Gasteiger partial charge on any atom is -0.304 e. The number of aryl methyl sites for hydroxylation is 2. The van der Waals surface area contributed by atoms with Crippen LogP contribution in [0.5, 0.6) is 0 Å². The van der Waals surface area contributed by atoms with Gasteiger partial charge in [-0.1, -0.05) is 48.5 Å². The number of aromatic nitrogens is 4. The Hall–Kier alpha value is -1.79. The van der Waals surface area contributed by atoms with Crippen LogP contribution in [0, 0.1) is 6.92 Å². The van der Waals surface area contributed by atoms with Gasteiger partial charge in [0.05, 0.1) is 5.52 Å². The van der Waals surface area contributed by atoms with E-state index in [4.69, 9.17) is 11.6 Å².